The molecule has 0 amide bonds. The minimum Gasteiger partial charge on any atom is -0.325 e. The highest BCUT2D eigenvalue weighted by atomic mass is 16.1. The van der Waals surface area contributed by atoms with Crippen LogP contribution in [0.4, 0.5) is 0 Å². The summed E-state index contributed by atoms with van der Waals surface area (Å²) in [5.41, 5.74) is 5.68. The summed E-state index contributed by atoms with van der Waals surface area (Å²) in [6.07, 6.45) is 4.36. The summed E-state index contributed by atoms with van der Waals surface area (Å²) in [6.45, 7) is 2.02. The number of Topliss-reactive ketones (excluding diaryl/α,β-unsaturated/α-hetero) is 1. The van der Waals surface area contributed by atoms with Gasteiger partial charge in [0.05, 0.1) is 0 Å². The molecule has 0 aromatic heterocycles. The molecule has 0 unspecified atom stereocenters. The summed E-state index contributed by atoms with van der Waals surface area (Å²) in [5.74, 6) is 0.336. The lowest BCUT2D eigenvalue weighted by Gasteiger charge is -2.04. The fourth-order valence-corrected chi connectivity index (χ4v) is 1.10. The van der Waals surface area contributed by atoms with E-state index in [2.05, 4.69) is 0 Å². The van der Waals surface area contributed by atoms with E-state index in [1.807, 2.05) is 6.92 Å². The maximum atomic E-state index is 11.0. The Morgan fingerprint density at radius 2 is 2.20 bits per heavy atom. The normalized spacial score (nSPS) is 20.6. The van der Waals surface area contributed by atoms with Crippen molar-refractivity contribution in [2.45, 2.75) is 44.6 Å². The second-order valence-corrected chi connectivity index (χ2v) is 3.33. The van der Waals surface area contributed by atoms with Crippen molar-refractivity contribution in [3.63, 3.8) is 0 Å². The van der Waals surface area contributed by atoms with Crippen molar-refractivity contribution in [2.24, 2.45) is 5.73 Å². The lowest BCUT2D eigenvalue weighted by atomic mass is 10.1. The first-order chi connectivity index (χ1) is 4.66. The number of carbonyl (C=O) groups is 1. The van der Waals surface area contributed by atoms with E-state index in [0.29, 0.717) is 18.6 Å². The Morgan fingerprint density at radius 1 is 1.60 bits per heavy atom. The average Bonchev–Trinajstić information content (AvgIpc) is 2.48. The molecular formula is C8H15NO. The van der Waals surface area contributed by atoms with E-state index < -0.39 is 0 Å². The highest BCUT2D eigenvalue weighted by Crippen LogP contribution is 2.35. The van der Waals surface area contributed by atoms with Gasteiger partial charge in [0.25, 0.3) is 0 Å². The van der Waals surface area contributed by atoms with Gasteiger partial charge in [-0.1, -0.05) is 6.92 Å². The molecule has 1 fully saturated rings. The second-order valence-electron chi connectivity index (χ2n) is 3.33. The van der Waals surface area contributed by atoms with E-state index in [1.54, 1.807) is 0 Å². The zero-order valence-electron chi connectivity index (χ0n) is 6.52. The van der Waals surface area contributed by atoms with Gasteiger partial charge < -0.3 is 5.73 Å². The van der Waals surface area contributed by atoms with Crippen molar-refractivity contribution in [1.29, 1.82) is 0 Å². The van der Waals surface area contributed by atoms with Crippen molar-refractivity contribution < 1.29 is 4.79 Å². The molecule has 2 nitrogen and oxygen atoms in total. The Balaban J connectivity index is 2.18. The zero-order chi connectivity index (χ0) is 7.61. The lowest BCUT2D eigenvalue weighted by molar-refractivity contribution is -0.119. The third-order valence-electron chi connectivity index (χ3n) is 1.97. The zero-order valence-corrected chi connectivity index (χ0v) is 6.52. The molecule has 0 spiro atoms. The van der Waals surface area contributed by atoms with Gasteiger partial charge in [0.15, 0.2) is 0 Å². The summed E-state index contributed by atoms with van der Waals surface area (Å²) >= 11 is 0. The largest absolute Gasteiger partial charge is 0.325 e. The maximum Gasteiger partial charge on any atom is 0.134 e. The first-order valence-corrected chi connectivity index (χ1v) is 3.97. The van der Waals surface area contributed by atoms with Crippen LogP contribution in [0.2, 0.25) is 0 Å². The molecule has 0 aromatic carbocycles. The second kappa shape index (κ2) is 2.70. The molecule has 0 saturated heterocycles. The van der Waals surface area contributed by atoms with Gasteiger partial charge in [0.2, 0.25) is 0 Å². The van der Waals surface area contributed by atoms with Crippen LogP contribution in [-0.4, -0.2) is 11.3 Å². The topological polar surface area (TPSA) is 43.1 Å². The molecule has 1 aliphatic rings. The van der Waals surface area contributed by atoms with Crippen LogP contribution in [0, 0.1) is 0 Å². The van der Waals surface area contributed by atoms with E-state index in [9.17, 15) is 4.79 Å². The highest BCUT2D eigenvalue weighted by Gasteiger charge is 2.39. The predicted molar refractivity (Wildman–Crippen MR) is 40.7 cm³/mol. The average molecular weight is 141 g/mol. The Bertz CT molecular complexity index is 138. The molecule has 0 heterocycles. The van der Waals surface area contributed by atoms with Gasteiger partial charge in [-0.3, -0.25) is 4.79 Å². The molecule has 0 atom stereocenters. The molecule has 2 heteroatoms. The van der Waals surface area contributed by atoms with E-state index in [-0.39, 0.29) is 5.54 Å². The molecule has 0 aromatic rings. The third-order valence-corrected chi connectivity index (χ3v) is 1.97. The molecule has 1 saturated carbocycles. The van der Waals surface area contributed by atoms with Crippen LogP contribution in [0.5, 0.6) is 0 Å². The summed E-state index contributed by atoms with van der Waals surface area (Å²) in [7, 11) is 0. The Labute approximate surface area is 61.8 Å². The van der Waals surface area contributed by atoms with Crippen molar-refractivity contribution in [2.75, 3.05) is 0 Å². The van der Waals surface area contributed by atoms with Crippen LogP contribution in [0.25, 0.3) is 0 Å². The van der Waals surface area contributed by atoms with Crippen LogP contribution >= 0.6 is 0 Å². The van der Waals surface area contributed by atoms with Gasteiger partial charge in [0, 0.05) is 18.4 Å². The van der Waals surface area contributed by atoms with E-state index in [4.69, 9.17) is 5.73 Å². The van der Waals surface area contributed by atoms with Gasteiger partial charge in [-0.15, -0.1) is 0 Å². The quantitative estimate of drug-likeness (QED) is 0.640. The number of hydrogen-bond acceptors (Lipinski definition) is 2. The Morgan fingerprint density at radius 3 is 2.60 bits per heavy atom. The standard InChI is InChI=1S/C8H15NO/c1-2-3-7(10)6-8(9)4-5-8/h2-6,9H2,1H3. The first kappa shape index (κ1) is 7.73. The van der Waals surface area contributed by atoms with E-state index in [0.717, 1.165) is 19.3 Å². The molecule has 0 radical (unpaired) electrons. The number of ketones is 1. The fourth-order valence-electron chi connectivity index (χ4n) is 1.10. The Hall–Kier alpha value is -0.370. The van der Waals surface area contributed by atoms with Gasteiger partial charge in [0.1, 0.15) is 5.78 Å². The summed E-state index contributed by atoms with van der Waals surface area (Å²) in [5, 5.41) is 0. The summed E-state index contributed by atoms with van der Waals surface area (Å²) < 4.78 is 0. The third kappa shape index (κ3) is 2.10. The van der Waals surface area contributed by atoms with Crippen LogP contribution in [0.1, 0.15) is 39.0 Å². The van der Waals surface area contributed by atoms with Gasteiger partial charge in [-0.05, 0) is 19.3 Å². The Kier molecular flexibility index (Phi) is 2.09. The smallest absolute Gasteiger partial charge is 0.134 e. The molecule has 10 heavy (non-hydrogen) atoms. The molecule has 58 valence electrons. The van der Waals surface area contributed by atoms with E-state index in [1.165, 1.54) is 0 Å². The molecular weight excluding hydrogens is 126 g/mol. The number of hydrogen-bond donors (Lipinski definition) is 1. The molecule has 1 aliphatic carbocycles. The van der Waals surface area contributed by atoms with Crippen molar-refractivity contribution in [3.05, 3.63) is 0 Å². The number of rotatable bonds is 4. The van der Waals surface area contributed by atoms with Gasteiger partial charge in [-0.2, -0.15) is 0 Å². The summed E-state index contributed by atoms with van der Waals surface area (Å²) in [6, 6.07) is 0. The highest BCUT2D eigenvalue weighted by molar-refractivity contribution is 5.80. The van der Waals surface area contributed by atoms with Crippen LogP contribution < -0.4 is 5.73 Å². The maximum absolute atomic E-state index is 11.0. The first-order valence-electron chi connectivity index (χ1n) is 3.97. The molecule has 0 bridgehead atoms. The summed E-state index contributed by atoms with van der Waals surface area (Å²) in [4.78, 5) is 11.0. The van der Waals surface area contributed by atoms with Crippen molar-refractivity contribution in [1.82, 2.24) is 0 Å². The SMILES string of the molecule is CCCC(=O)CC1(N)CC1. The minimum absolute atomic E-state index is 0.0771. The minimum atomic E-state index is -0.0771. The van der Waals surface area contributed by atoms with Crippen LogP contribution in [0.3, 0.4) is 0 Å². The lowest BCUT2D eigenvalue weighted by Crippen LogP contribution is -2.25. The van der Waals surface area contributed by atoms with E-state index >= 15 is 0 Å². The van der Waals surface area contributed by atoms with Crippen LogP contribution in [-0.2, 0) is 4.79 Å². The van der Waals surface area contributed by atoms with Crippen molar-refractivity contribution in [3.8, 4) is 0 Å². The van der Waals surface area contributed by atoms with Crippen LogP contribution in [0.15, 0.2) is 0 Å². The fraction of sp³-hybridized carbons (Fsp3) is 0.875. The predicted octanol–water partition coefficient (Wildman–Crippen LogP) is 1.24. The van der Waals surface area contributed by atoms with Gasteiger partial charge >= 0.3 is 0 Å². The monoisotopic (exact) mass is 141 g/mol. The molecule has 0 aliphatic heterocycles. The van der Waals surface area contributed by atoms with Gasteiger partial charge in [-0.25, -0.2) is 0 Å². The van der Waals surface area contributed by atoms with Crippen molar-refractivity contribution >= 4 is 5.78 Å². The number of nitrogens with two attached hydrogens (primary N) is 1. The number of carbonyl (C=O) groups excluding carboxylic acids is 1. The molecule has 2 N–H and O–H groups in total. The molecule has 1 rings (SSSR count).